The van der Waals surface area contributed by atoms with Crippen molar-refractivity contribution in [1.29, 1.82) is 0 Å². The first-order valence-electron chi connectivity index (χ1n) is 7.42. The van der Waals surface area contributed by atoms with Gasteiger partial charge in [0.25, 0.3) is 0 Å². The van der Waals surface area contributed by atoms with E-state index >= 15 is 0 Å². The molecular weight excluding hydrogens is 339 g/mol. The van der Waals surface area contributed by atoms with E-state index in [-0.39, 0.29) is 12.5 Å². The summed E-state index contributed by atoms with van der Waals surface area (Å²) in [4.78, 5) is 19.8. The van der Waals surface area contributed by atoms with E-state index in [1.165, 1.54) is 22.3 Å². The van der Waals surface area contributed by atoms with Crippen molar-refractivity contribution in [2.75, 3.05) is 25.0 Å². The Balaban J connectivity index is 1.69. The number of nitrogens with zero attached hydrogens (tertiary/aromatic N) is 3. The van der Waals surface area contributed by atoms with Crippen molar-refractivity contribution in [1.82, 2.24) is 9.88 Å². The van der Waals surface area contributed by atoms with Gasteiger partial charge in [0.05, 0.1) is 12.1 Å². The molecule has 24 heavy (non-hydrogen) atoms. The summed E-state index contributed by atoms with van der Waals surface area (Å²) < 4.78 is 38.5. The number of carbonyl (C=O) groups excluding carboxylic acids is 1. The van der Waals surface area contributed by atoms with Crippen LogP contribution in [0.2, 0.25) is 0 Å². The maximum absolute atomic E-state index is 12.8. The highest BCUT2D eigenvalue weighted by atomic mass is 32.1. The average Bonchev–Trinajstić information content (AvgIpc) is 3.07. The molecule has 2 aromatic rings. The van der Waals surface area contributed by atoms with E-state index in [2.05, 4.69) is 4.98 Å². The van der Waals surface area contributed by atoms with Crippen LogP contribution in [-0.4, -0.2) is 35.9 Å². The molecule has 1 amide bonds. The van der Waals surface area contributed by atoms with E-state index in [1.807, 2.05) is 4.90 Å². The van der Waals surface area contributed by atoms with Gasteiger partial charge in [-0.15, -0.1) is 11.3 Å². The summed E-state index contributed by atoms with van der Waals surface area (Å²) in [5.41, 5.74) is 0.912. The molecule has 0 radical (unpaired) electrons. The first kappa shape index (κ1) is 16.9. The van der Waals surface area contributed by atoms with Crippen molar-refractivity contribution in [3.05, 3.63) is 46.5 Å². The van der Waals surface area contributed by atoms with Crippen LogP contribution in [0.1, 0.15) is 16.7 Å². The number of hydrogen-bond acceptors (Lipinski definition) is 4. The normalized spacial score (nSPS) is 15.2. The number of benzene rings is 1. The highest BCUT2D eigenvalue weighted by Gasteiger charge is 2.32. The Kier molecular flexibility index (Phi) is 4.60. The third kappa shape index (κ3) is 3.59. The van der Waals surface area contributed by atoms with Gasteiger partial charge >= 0.3 is 6.18 Å². The molecule has 2 heterocycles. The Hall–Kier alpha value is -1.93. The summed E-state index contributed by atoms with van der Waals surface area (Å²) in [6.07, 6.45) is -2.08. The lowest BCUT2D eigenvalue weighted by molar-refractivity contribution is -0.137. The number of likely N-dealkylation sites (N-methyl/N-ethyl adjacent to an activating group) is 1. The fraction of sp³-hybridized carbons (Fsp3) is 0.375. The maximum Gasteiger partial charge on any atom is 0.416 e. The second kappa shape index (κ2) is 6.52. The molecule has 0 spiro atoms. The molecule has 0 N–H and O–H groups in total. The van der Waals surface area contributed by atoms with Crippen LogP contribution in [0.15, 0.2) is 29.8 Å². The molecule has 1 aromatic carbocycles. The molecule has 0 saturated heterocycles. The lowest BCUT2D eigenvalue weighted by Crippen LogP contribution is -2.40. The molecule has 0 saturated carbocycles. The molecule has 1 aromatic heterocycles. The van der Waals surface area contributed by atoms with Crippen LogP contribution in [0.5, 0.6) is 0 Å². The maximum atomic E-state index is 12.8. The van der Waals surface area contributed by atoms with Crippen LogP contribution in [0.4, 0.5) is 18.3 Å². The fourth-order valence-corrected chi connectivity index (χ4v) is 3.34. The van der Waals surface area contributed by atoms with E-state index < -0.39 is 11.7 Å². The Morgan fingerprint density at radius 2 is 2.17 bits per heavy atom. The third-order valence-corrected chi connectivity index (χ3v) is 4.91. The molecule has 1 aliphatic heterocycles. The smallest absolute Gasteiger partial charge is 0.290 e. The number of aromatic nitrogens is 1. The number of fused-ring (bicyclic) bond motifs is 1. The van der Waals surface area contributed by atoms with E-state index in [4.69, 9.17) is 0 Å². The molecule has 8 heteroatoms. The number of thiazole rings is 1. The molecule has 128 valence electrons. The number of rotatable bonds is 3. The SMILES string of the molecule is CN(C(=O)CN1CCc2ccc(C(F)(F)F)cc2C1)c1nccs1. The van der Waals surface area contributed by atoms with E-state index in [1.54, 1.807) is 24.7 Å². The molecule has 4 nitrogen and oxygen atoms in total. The number of anilines is 1. The van der Waals surface area contributed by atoms with Gasteiger partial charge in [-0.1, -0.05) is 6.07 Å². The first-order valence-corrected chi connectivity index (χ1v) is 8.30. The van der Waals surface area contributed by atoms with Gasteiger partial charge in [-0.2, -0.15) is 13.2 Å². The van der Waals surface area contributed by atoms with Crippen molar-refractivity contribution in [2.24, 2.45) is 0 Å². The summed E-state index contributed by atoms with van der Waals surface area (Å²) >= 11 is 1.37. The number of alkyl halides is 3. The van der Waals surface area contributed by atoms with Gasteiger partial charge in [-0.3, -0.25) is 14.6 Å². The Morgan fingerprint density at radius 3 is 2.83 bits per heavy atom. The van der Waals surface area contributed by atoms with Crippen LogP contribution < -0.4 is 4.90 Å². The van der Waals surface area contributed by atoms with Crippen LogP contribution in [0.25, 0.3) is 0 Å². The summed E-state index contributed by atoms with van der Waals surface area (Å²) in [7, 11) is 1.65. The monoisotopic (exact) mass is 355 g/mol. The van der Waals surface area contributed by atoms with Crippen LogP contribution in [0, 0.1) is 0 Å². The topological polar surface area (TPSA) is 36.4 Å². The number of amides is 1. The molecule has 0 atom stereocenters. The second-order valence-corrected chi connectivity index (χ2v) is 6.58. The van der Waals surface area contributed by atoms with Crippen molar-refractivity contribution in [3.63, 3.8) is 0 Å². The van der Waals surface area contributed by atoms with Crippen molar-refractivity contribution >= 4 is 22.4 Å². The van der Waals surface area contributed by atoms with Crippen molar-refractivity contribution in [2.45, 2.75) is 19.1 Å². The zero-order chi connectivity index (χ0) is 17.3. The van der Waals surface area contributed by atoms with Crippen LogP contribution >= 0.6 is 11.3 Å². The van der Waals surface area contributed by atoms with E-state index in [9.17, 15) is 18.0 Å². The standard InChI is InChI=1S/C16H16F3N3OS/c1-21(15-20-5-7-24-15)14(23)10-22-6-4-11-2-3-13(16(17,18)19)8-12(11)9-22/h2-3,5,7-8H,4,6,9-10H2,1H3. The first-order chi connectivity index (χ1) is 11.3. The highest BCUT2D eigenvalue weighted by molar-refractivity contribution is 7.13. The highest BCUT2D eigenvalue weighted by Crippen LogP contribution is 2.32. The molecule has 1 aliphatic rings. The van der Waals surface area contributed by atoms with E-state index in [0.29, 0.717) is 30.2 Å². The number of carbonyl (C=O) groups is 1. The summed E-state index contributed by atoms with van der Waals surface area (Å²) in [5, 5.41) is 2.39. The van der Waals surface area contributed by atoms with Gasteiger partial charge in [0.2, 0.25) is 5.91 Å². The van der Waals surface area contributed by atoms with Gasteiger partial charge in [0.1, 0.15) is 0 Å². The van der Waals surface area contributed by atoms with Crippen LogP contribution in [0.3, 0.4) is 0 Å². The molecule has 3 rings (SSSR count). The van der Waals surface area contributed by atoms with Crippen molar-refractivity contribution in [3.8, 4) is 0 Å². The molecule has 0 aliphatic carbocycles. The Bertz CT molecular complexity index is 731. The zero-order valence-electron chi connectivity index (χ0n) is 13.0. The summed E-state index contributed by atoms with van der Waals surface area (Å²) in [5.74, 6) is -0.125. The van der Waals surface area contributed by atoms with Gasteiger partial charge in [0, 0.05) is 31.7 Å². The van der Waals surface area contributed by atoms with Gasteiger partial charge in [-0.25, -0.2) is 4.98 Å². The largest absolute Gasteiger partial charge is 0.416 e. The van der Waals surface area contributed by atoms with Gasteiger partial charge in [-0.05, 0) is 29.7 Å². The van der Waals surface area contributed by atoms with Crippen molar-refractivity contribution < 1.29 is 18.0 Å². The lowest BCUT2D eigenvalue weighted by atomic mass is 9.97. The van der Waals surface area contributed by atoms with Gasteiger partial charge in [0.15, 0.2) is 5.13 Å². The third-order valence-electron chi connectivity index (χ3n) is 4.06. The molecule has 0 bridgehead atoms. The van der Waals surface area contributed by atoms with E-state index in [0.717, 1.165) is 11.6 Å². The Morgan fingerprint density at radius 1 is 1.38 bits per heavy atom. The molecule has 0 unspecified atom stereocenters. The zero-order valence-corrected chi connectivity index (χ0v) is 13.8. The number of halogens is 3. The minimum atomic E-state index is -4.35. The number of hydrogen-bond donors (Lipinski definition) is 0. The quantitative estimate of drug-likeness (QED) is 0.849. The summed E-state index contributed by atoms with van der Waals surface area (Å²) in [6.45, 7) is 1.15. The Labute approximate surface area is 141 Å². The lowest BCUT2D eigenvalue weighted by Gasteiger charge is -2.29. The molecule has 0 fully saturated rings. The summed E-state index contributed by atoms with van der Waals surface area (Å²) in [6, 6.07) is 3.85. The predicted molar refractivity (Wildman–Crippen MR) is 85.9 cm³/mol. The minimum Gasteiger partial charge on any atom is -0.290 e. The van der Waals surface area contributed by atoms with Gasteiger partial charge < -0.3 is 0 Å². The average molecular weight is 355 g/mol. The van der Waals surface area contributed by atoms with Crippen LogP contribution in [-0.2, 0) is 23.9 Å². The second-order valence-electron chi connectivity index (χ2n) is 5.71. The predicted octanol–water partition coefficient (Wildman–Crippen LogP) is 3.18. The fourth-order valence-electron chi connectivity index (χ4n) is 2.71. The minimum absolute atomic E-state index is 0.125. The molecular formula is C16H16F3N3OS.